The van der Waals surface area contributed by atoms with E-state index in [1.165, 1.54) is 5.56 Å². The summed E-state index contributed by atoms with van der Waals surface area (Å²) in [5.41, 5.74) is 1.75. The highest BCUT2D eigenvalue weighted by atomic mass is 16.5. The van der Waals surface area contributed by atoms with E-state index in [4.69, 9.17) is 10.00 Å². The first-order valence-electron chi connectivity index (χ1n) is 6.52. The number of rotatable bonds is 5. The molecule has 1 aromatic carbocycles. The molecule has 0 unspecified atom stereocenters. The molecule has 102 valence electrons. The van der Waals surface area contributed by atoms with E-state index in [-0.39, 0.29) is 0 Å². The highest BCUT2D eigenvalue weighted by Gasteiger charge is 2.04. The van der Waals surface area contributed by atoms with Crippen molar-refractivity contribution < 1.29 is 4.74 Å². The number of nitrogens with zero attached hydrogens (tertiary/aromatic N) is 3. The second kappa shape index (κ2) is 6.58. The van der Waals surface area contributed by atoms with Gasteiger partial charge in [0.25, 0.3) is 0 Å². The van der Waals surface area contributed by atoms with E-state index in [2.05, 4.69) is 11.1 Å². The first-order valence-corrected chi connectivity index (χ1v) is 6.52. The summed E-state index contributed by atoms with van der Waals surface area (Å²) in [6, 6.07) is 13.7. The van der Waals surface area contributed by atoms with Crippen LogP contribution >= 0.6 is 0 Å². The van der Waals surface area contributed by atoms with Gasteiger partial charge in [-0.05, 0) is 36.8 Å². The topological polar surface area (TPSA) is 49.1 Å². The number of anilines is 1. The van der Waals surface area contributed by atoms with Gasteiger partial charge in [0.2, 0.25) is 0 Å². The Labute approximate surface area is 119 Å². The average Bonchev–Trinajstić information content (AvgIpc) is 2.49. The van der Waals surface area contributed by atoms with Gasteiger partial charge in [0.1, 0.15) is 17.6 Å². The van der Waals surface area contributed by atoms with Crippen LogP contribution in [0.2, 0.25) is 0 Å². The van der Waals surface area contributed by atoms with Gasteiger partial charge in [0.05, 0.1) is 12.2 Å². The molecule has 4 nitrogen and oxygen atoms in total. The fourth-order valence-corrected chi connectivity index (χ4v) is 1.89. The lowest BCUT2D eigenvalue weighted by Gasteiger charge is -2.18. The molecule has 2 aromatic rings. The van der Waals surface area contributed by atoms with Gasteiger partial charge in [0.15, 0.2) is 0 Å². The number of pyridine rings is 1. The fourth-order valence-electron chi connectivity index (χ4n) is 1.89. The van der Waals surface area contributed by atoms with Crippen molar-refractivity contribution in [2.45, 2.75) is 13.5 Å². The number of ether oxygens (including phenoxy) is 1. The van der Waals surface area contributed by atoms with Crippen molar-refractivity contribution >= 4 is 5.82 Å². The van der Waals surface area contributed by atoms with Crippen LogP contribution in [-0.4, -0.2) is 18.6 Å². The van der Waals surface area contributed by atoms with Gasteiger partial charge in [0, 0.05) is 19.8 Å². The van der Waals surface area contributed by atoms with E-state index >= 15 is 0 Å². The zero-order valence-electron chi connectivity index (χ0n) is 11.7. The highest BCUT2D eigenvalue weighted by Crippen LogP contribution is 2.16. The molecule has 0 atom stereocenters. The molecular weight excluding hydrogens is 250 g/mol. The van der Waals surface area contributed by atoms with Crippen LogP contribution in [0.25, 0.3) is 0 Å². The van der Waals surface area contributed by atoms with Crippen molar-refractivity contribution in [2.75, 3.05) is 18.6 Å². The summed E-state index contributed by atoms with van der Waals surface area (Å²) < 4.78 is 5.42. The summed E-state index contributed by atoms with van der Waals surface area (Å²) in [6.45, 7) is 3.40. The van der Waals surface area contributed by atoms with Crippen molar-refractivity contribution in [1.82, 2.24) is 4.98 Å². The normalized spacial score (nSPS) is 9.85. The number of nitriles is 1. The number of hydrogen-bond donors (Lipinski definition) is 0. The molecule has 0 spiro atoms. The minimum atomic E-state index is 0.572. The lowest BCUT2D eigenvalue weighted by atomic mass is 10.2. The molecule has 0 aliphatic carbocycles. The number of aromatic nitrogens is 1. The van der Waals surface area contributed by atoms with E-state index in [0.717, 1.165) is 18.1 Å². The first-order chi connectivity index (χ1) is 9.72. The lowest BCUT2D eigenvalue weighted by molar-refractivity contribution is 0.340. The van der Waals surface area contributed by atoms with Crippen LogP contribution in [0.4, 0.5) is 5.82 Å². The molecule has 1 aromatic heterocycles. The Hall–Kier alpha value is -2.54. The zero-order chi connectivity index (χ0) is 14.4. The van der Waals surface area contributed by atoms with Crippen LogP contribution in [0.5, 0.6) is 5.75 Å². The lowest BCUT2D eigenvalue weighted by Crippen LogP contribution is -2.17. The van der Waals surface area contributed by atoms with E-state index in [1.54, 1.807) is 12.3 Å². The van der Waals surface area contributed by atoms with Crippen LogP contribution in [-0.2, 0) is 6.54 Å². The van der Waals surface area contributed by atoms with Gasteiger partial charge in [-0.1, -0.05) is 12.1 Å². The first kappa shape index (κ1) is 13.9. The fraction of sp³-hybridized carbons (Fsp3) is 0.250. The van der Waals surface area contributed by atoms with Crippen LogP contribution in [0.3, 0.4) is 0 Å². The Balaban J connectivity index is 2.02. The van der Waals surface area contributed by atoms with Crippen molar-refractivity contribution in [3.63, 3.8) is 0 Å². The number of benzene rings is 1. The molecule has 0 radical (unpaired) electrons. The van der Waals surface area contributed by atoms with Crippen molar-refractivity contribution in [1.29, 1.82) is 5.26 Å². The smallest absolute Gasteiger partial charge is 0.128 e. The van der Waals surface area contributed by atoms with Gasteiger partial charge < -0.3 is 9.64 Å². The standard InChI is InChI=1S/C16H17N3O/c1-3-20-15-7-4-13(5-8-15)12-19(2)16-9-6-14(10-17)11-18-16/h4-9,11H,3,12H2,1-2H3. The summed E-state index contributed by atoms with van der Waals surface area (Å²) in [7, 11) is 1.98. The minimum Gasteiger partial charge on any atom is -0.494 e. The molecule has 0 saturated heterocycles. The molecule has 20 heavy (non-hydrogen) atoms. The van der Waals surface area contributed by atoms with Gasteiger partial charge in [-0.2, -0.15) is 5.26 Å². The summed E-state index contributed by atoms with van der Waals surface area (Å²) in [6.07, 6.45) is 1.59. The summed E-state index contributed by atoms with van der Waals surface area (Å²) in [4.78, 5) is 6.31. The predicted molar refractivity (Wildman–Crippen MR) is 78.7 cm³/mol. The molecule has 2 rings (SSSR count). The Bertz CT molecular complexity index is 585. The molecule has 0 bridgehead atoms. The van der Waals surface area contributed by atoms with Crippen molar-refractivity contribution in [2.24, 2.45) is 0 Å². The van der Waals surface area contributed by atoms with E-state index < -0.39 is 0 Å². The van der Waals surface area contributed by atoms with E-state index in [0.29, 0.717) is 12.2 Å². The third kappa shape index (κ3) is 3.48. The van der Waals surface area contributed by atoms with Crippen LogP contribution in [0, 0.1) is 11.3 Å². The Morgan fingerprint density at radius 3 is 2.50 bits per heavy atom. The molecule has 0 N–H and O–H groups in total. The largest absolute Gasteiger partial charge is 0.494 e. The average molecular weight is 267 g/mol. The van der Waals surface area contributed by atoms with Crippen LogP contribution < -0.4 is 9.64 Å². The quantitative estimate of drug-likeness (QED) is 0.835. The minimum absolute atomic E-state index is 0.572. The molecule has 0 aliphatic heterocycles. The molecule has 0 saturated carbocycles. The molecule has 1 heterocycles. The Kier molecular flexibility index (Phi) is 4.56. The maximum absolute atomic E-state index is 8.76. The highest BCUT2D eigenvalue weighted by molar-refractivity contribution is 5.42. The number of hydrogen-bond acceptors (Lipinski definition) is 4. The Morgan fingerprint density at radius 1 is 1.20 bits per heavy atom. The van der Waals surface area contributed by atoms with Crippen molar-refractivity contribution in [3.8, 4) is 11.8 Å². The molecule has 0 aliphatic rings. The summed E-state index contributed by atoms with van der Waals surface area (Å²) in [5.74, 6) is 1.73. The molecule has 4 heteroatoms. The van der Waals surface area contributed by atoms with Gasteiger partial charge in [-0.15, -0.1) is 0 Å². The second-order valence-electron chi connectivity index (χ2n) is 4.45. The zero-order valence-corrected chi connectivity index (χ0v) is 11.7. The van der Waals surface area contributed by atoms with E-state index in [9.17, 15) is 0 Å². The summed E-state index contributed by atoms with van der Waals surface area (Å²) in [5, 5.41) is 8.76. The second-order valence-corrected chi connectivity index (χ2v) is 4.45. The molecule has 0 fully saturated rings. The van der Waals surface area contributed by atoms with Gasteiger partial charge >= 0.3 is 0 Å². The SMILES string of the molecule is CCOc1ccc(CN(C)c2ccc(C#N)cn2)cc1. The maximum Gasteiger partial charge on any atom is 0.128 e. The maximum atomic E-state index is 8.76. The van der Waals surface area contributed by atoms with Crippen LogP contribution in [0.1, 0.15) is 18.1 Å². The van der Waals surface area contributed by atoms with Gasteiger partial charge in [-0.25, -0.2) is 4.98 Å². The Morgan fingerprint density at radius 2 is 1.95 bits per heavy atom. The monoisotopic (exact) mass is 267 g/mol. The van der Waals surface area contributed by atoms with Crippen LogP contribution in [0.15, 0.2) is 42.6 Å². The third-order valence-corrected chi connectivity index (χ3v) is 2.92. The third-order valence-electron chi connectivity index (χ3n) is 2.92. The predicted octanol–water partition coefficient (Wildman–Crippen LogP) is 2.99. The molecule has 0 amide bonds. The summed E-state index contributed by atoms with van der Waals surface area (Å²) >= 11 is 0. The van der Waals surface area contributed by atoms with Gasteiger partial charge in [-0.3, -0.25) is 0 Å². The van der Waals surface area contributed by atoms with E-state index in [1.807, 2.05) is 49.2 Å². The molecular formula is C16H17N3O. The van der Waals surface area contributed by atoms with Crippen molar-refractivity contribution in [3.05, 3.63) is 53.7 Å².